The normalized spacial score (nSPS) is 11.4. The van der Waals surface area contributed by atoms with E-state index < -0.39 is 18.2 Å². The largest absolute Gasteiger partial charge is 1.00 e. The van der Waals surface area contributed by atoms with Crippen LogP contribution in [0, 0.1) is 0 Å². The molecular weight excluding hydrogens is 237 g/mol. The number of aromatic amines is 1. The number of H-pyrrole nitrogens is 1. The summed E-state index contributed by atoms with van der Waals surface area (Å²) in [7, 11) is 0. The van der Waals surface area contributed by atoms with Crippen molar-refractivity contribution in [2.75, 3.05) is 0 Å². The first-order chi connectivity index (χ1) is 6.47. The summed E-state index contributed by atoms with van der Waals surface area (Å²) in [6.07, 6.45) is 0. The molecule has 1 aromatic heterocycles. The van der Waals surface area contributed by atoms with E-state index in [0.717, 1.165) is 12.1 Å². The maximum absolute atomic E-state index is 12.3. The van der Waals surface area contributed by atoms with Gasteiger partial charge in [0.25, 0.3) is 0 Å². The predicted molar refractivity (Wildman–Crippen MR) is 45.5 cm³/mol. The quantitative estimate of drug-likeness (QED) is 0.597. The summed E-state index contributed by atoms with van der Waals surface area (Å²) in [6.45, 7) is -5.05. The van der Waals surface area contributed by atoms with Gasteiger partial charge in [0.15, 0.2) is 5.58 Å². The van der Waals surface area contributed by atoms with Crippen LogP contribution in [0.25, 0.3) is 11.1 Å². The van der Waals surface area contributed by atoms with Crippen LogP contribution in [0.5, 0.6) is 0 Å². The fourth-order valence-electron chi connectivity index (χ4n) is 1.17. The van der Waals surface area contributed by atoms with E-state index in [1.165, 1.54) is 6.07 Å². The van der Waals surface area contributed by atoms with Crippen LogP contribution in [0.3, 0.4) is 0 Å². The molecule has 1 aromatic carbocycles. The van der Waals surface area contributed by atoms with Gasteiger partial charge in [0.05, 0.1) is 5.52 Å². The Morgan fingerprint density at radius 3 is 2.53 bits per heavy atom. The van der Waals surface area contributed by atoms with Crippen molar-refractivity contribution in [3.63, 3.8) is 0 Å². The number of nitrogens with one attached hydrogen (secondary N) is 1. The van der Waals surface area contributed by atoms with Gasteiger partial charge < -0.3 is 17.4 Å². The Balaban J connectivity index is 0.00000112. The van der Waals surface area contributed by atoms with Gasteiger partial charge >= 0.3 is 64.1 Å². The molecule has 0 aliphatic rings. The first-order valence-corrected chi connectivity index (χ1v) is 3.79. The molecule has 0 unspecified atom stereocenters. The number of halogens is 3. The Labute approximate surface area is 125 Å². The fourth-order valence-corrected chi connectivity index (χ4v) is 1.17. The number of oxazole rings is 1. The molecule has 2 rings (SSSR count). The second-order valence-electron chi connectivity index (χ2n) is 2.84. The monoisotopic (exact) mass is 241 g/mol. The van der Waals surface area contributed by atoms with Crippen molar-refractivity contribution in [3.05, 3.63) is 28.7 Å². The van der Waals surface area contributed by atoms with Gasteiger partial charge in [-0.25, -0.2) is 4.79 Å². The van der Waals surface area contributed by atoms with E-state index in [1.807, 2.05) is 0 Å². The molecule has 0 spiro atoms. The van der Waals surface area contributed by atoms with Crippen LogP contribution in [0.4, 0.5) is 12.9 Å². The number of fused-ring (bicyclic) bond motifs is 1. The fraction of sp³-hybridized carbons (Fsp3) is 0. The van der Waals surface area contributed by atoms with Crippen molar-refractivity contribution in [3.8, 4) is 0 Å². The van der Waals surface area contributed by atoms with E-state index >= 15 is 0 Å². The average Bonchev–Trinajstić information content (AvgIpc) is 2.41. The molecule has 0 saturated heterocycles. The summed E-state index contributed by atoms with van der Waals surface area (Å²) in [4.78, 5) is 12.9. The van der Waals surface area contributed by atoms with Crippen LogP contribution in [-0.2, 0) is 0 Å². The Hall–Kier alpha value is -0.0187. The molecule has 0 bridgehead atoms. The molecule has 2 aromatic rings. The van der Waals surface area contributed by atoms with Crippen LogP contribution >= 0.6 is 0 Å². The van der Waals surface area contributed by atoms with Crippen LogP contribution in [0.2, 0.25) is 0 Å². The number of hydrogen-bond donors (Lipinski definition) is 1. The molecular formula is C7H4BF3KNO2. The van der Waals surface area contributed by atoms with Crippen LogP contribution < -0.4 is 62.6 Å². The smallest absolute Gasteiger partial charge is 0.445 e. The predicted octanol–water partition coefficient (Wildman–Crippen LogP) is -1.82. The zero-order valence-corrected chi connectivity index (χ0v) is 10.9. The Morgan fingerprint density at radius 2 is 1.93 bits per heavy atom. The zero-order chi connectivity index (χ0) is 10.3. The van der Waals surface area contributed by atoms with Gasteiger partial charge in [-0.15, -0.1) is 5.46 Å². The molecule has 0 aliphatic carbocycles. The second-order valence-corrected chi connectivity index (χ2v) is 2.84. The summed E-state index contributed by atoms with van der Waals surface area (Å²) < 4.78 is 41.3. The molecule has 8 heteroatoms. The average molecular weight is 241 g/mol. The van der Waals surface area contributed by atoms with E-state index in [1.54, 1.807) is 0 Å². The maximum Gasteiger partial charge on any atom is 1.00 e. The Bertz CT molecular complexity index is 533. The minimum Gasteiger partial charge on any atom is -0.445 e. The molecule has 3 nitrogen and oxygen atoms in total. The molecule has 0 fully saturated rings. The van der Waals surface area contributed by atoms with Gasteiger partial charge in [0.2, 0.25) is 0 Å². The van der Waals surface area contributed by atoms with Gasteiger partial charge in [-0.3, -0.25) is 4.98 Å². The van der Waals surface area contributed by atoms with E-state index in [0.29, 0.717) is 0 Å². The summed E-state index contributed by atoms with van der Waals surface area (Å²) in [6, 6.07) is 2.89. The molecule has 0 radical (unpaired) electrons. The van der Waals surface area contributed by atoms with Crippen molar-refractivity contribution in [2.24, 2.45) is 0 Å². The van der Waals surface area contributed by atoms with Gasteiger partial charge in [0, 0.05) is 0 Å². The van der Waals surface area contributed by atoms with Crippen LogP contribution in [-0.4, -0.2) is 12.0 Å². The second kappa shape index (κ2) is 4.46. The first-order valence-electron chi connectivity index (χ1n) is 3.79. The summed E-state index contributed by atoms with van der Waals surface area (Å²) in [5.74, 6) is -0.758. The maximum atomic E-state index is 12.3. The molecule has 0 aliphatic heterocycles. The van der Waals surface area contributed by atoms with Gasteiger partial charge in [-0.05, 0) is 12.1 Å². The van der Waals surface area contributed by atoms with Gasteiger partial charge in [-0.1, -0.05) is 6.07 Å². The minimum absolute atomic E-state index is 0. The standard InChI is InChI=1S/C7H4BF3NO2.K/c9-8(10,11)4-1-2-5-6(3-4)14-7(13)12-5;/h1-3H,(H,12,13);/q-1;+1. The SMILES string of the molecule is O=c1[nH]c2ccc([B-](F)(F)F)cc2o1.[K+]. The number of hydrogen-bond acceptors (Lipinski definition) is 2. The zero-order valence-electron chi connectivity index (χ0n) is 7.76. The molecule has 1 N–H and O–H groups in total. The minimum atomic E-state index is -5.05. The summed E-state index contributed by atoms with van der Waals surface area (Å²) in [5, 5.41) is 0. The number of aromatic nitrogens is 1. The first kappa shape index (κ1) is 13.0. The van der Waals surface area contributed by atoms with Crippen molar-refractivity contribution >= 4 is 23.5 Å². The number of benzene rings is 1. The Morgan fingerprint density at radius 1 is 1.27 bits per heavy atom. The van der Waals surface area contributed by atoms with E-state index in [4.69, 9.17) is 0 Å². The summed E-state index contributed by atoms with van der Waals surface area (Å²) in [5.41, 5.74) is -0.592. The molecule has 0 saturated carbocycles. The molecule has 1 heterocycles. The molecule has 74 valence electrons. The molecule has 15 heavy (non-hydrogen) atoms. The van der Waals surface area contributed by atoms with E-state index in [9.17, 15) is 17.7 Å². The molecule has 0 atom stereocenters. The van der Waals surface area contributed by atoms with Crippen LogP contribution in [0.1, 0.15) is 0 Å². The van der Waals surface area contributed by atoms with Crippen molar-refractivity contribution in [2.45, 2.75) is 0 Å². The third kappa shape index (κ3) is 2.76. The van der Waals surface area contributed by atoms with E-state index in [2.05, 4.69) is 9.40 Å². The third-order valence-electron chi connectivity index (χ3n) is 1.82. The van der Waals surface area contributed by atoms with Gasteiger partial charge in [-0.2, -0.15) is 0 Å². The van der Waals surface area contributed by atoms with Crippen LogP contribution in [0.15, 0.2) is 27.4 Å². The third-order valence-corrected chi connectivity index (χ3v) is 1.82. The van der Waals surface area contributed by atoms with Gasteiger partial charge in [0.1, 0.15) is 0 Å². The van der Waals surface area contributed by atoms with Crippen molar-refractivity contribution < 1.29 is 68.7 Å². The number of rotatable bonds is 1. The van der Waals surface area contributed by atoms with Crippen molar-refractivity contribution in [1.29, 1.82) is 0 Å². The van der Waals surface area contributed by atoms with Crippen molar-refractivity contribution in [1.82, 2.24) is 4.98 Å². The van der Waals surface area contributed by atoms with E-state index in [-0.39, 0.29) is 62.5 Å². The topological polar surface area (TPSA) is 46.0 Å². The molecule has 0 amide bonds. The summed E-state index contributed by atoms with van der Waals surface area (Å²) >= 11 is 0. The Kier molecular flexibility index (Phi) is 3.88.